The molecule has 0 bridgehead atoms. The van der Waals surface area contributed by atoms with Crippen LogP contribution in [0.25, 0.3) is 0 Å². The van der Waals surface area contributed by atoms with Gasteiger partial charge in [0.2, 0.25) is 10.0 Å². The molecule has 6 nitrogen and oxygen atoms in total. The first-order valence-electron chi connectivity index (χ1n) is 6.75. The van der Waals surface area contributed by atoms with Gasteiger partial charge in [0, 0.05) is 19.3 Å². The third-order valence-electron chi connectivity index (χ3n) is 3.84. The molecular weight excluding hydrogens is 264 g/mol. The molecule has 3 N–H and O–H groups in total. The molecule has 19 heavy (non-hydrogen) atoms. The maximum Gasteiger partial charge on any atom is 0.245 e. The Kier molecular flexibility index (Phi) is 3.87. The molecule has 0 amide bonds. The zero-order valence-corrected chi connectivity index (χ0v) is 12.3. The van der Waals surface area contributed by atoms with Crippen molar-refractivity contribution in [2.45, 2.75) is 51.0 Å². The van der Waals surface area contributed by atoms with Gasteiger partial charge >= 0.3 is 0 Å². The van der Waals surface area contributed by atoms with Gasteiger partial charge in [-0.3, -0.25) is 4.68 Å². The molecule has 7 heteroatoms. The predicted molar refractivity (Wildman–Crippen MR) is 74.1 cm³/mol. The van der Waals surface area contributed by atoms with E-state index in [1.807, 2.05) is 6.92 Å². The monoisotopic (exact) mass is 286 g/mol. The molecule has 0 spiro atoms. The van der Waals surface area contributed by atoms with E-state index in [4.69, 9.17) is 5.73 Å². The minimum Gasteiger partial charge on any atom is -0.381 e. The van der Waals surface area contributed by atoms with Crippen LogP contribution in [0.1, 0.15) is 39.5 Å². The van der Waals surface area contributed by atoms with Gasteiger partial charge in [-0.15, -0.1) is 0 Å². The molecule has 0 saturated heterocycles. The van der Waals surface area contributed by atoms with E-state index in [0.717, 1.165) is 25.7 Å². The van der Waals surface area contributed by atoms with Crippen LogP contribution < -0.4 is 10.5 Å². The second kappa shape index (κ2) is 5.13. The number of aryl methyl sites for hydroxylation is 1. The fourth-order valence-corrected chi connectivity index (χ4v) is 3.35. The Balaban J connectivity index is 2.10. The Labute approximate surface area is 114 Å². The fourth-order valence-electron chi connectivity index (χ4n) is 2.13. The first-order chi connectivity index (χ1) is 8.92. The standard InChI is InChI=1S/C12H22N4O2S/c1-3-7-16-8-10(11(13)15-16)19(17,18)14-9-12(4-2)5-6-12/h8,14H,3-7,9H2,1-2H3,(H2,13,15). The summed E-state index contributed by atoms with van der Waals surface area (Å²) in [6, 6.07) is 0. The average Bonchev–Trinajstić information content (AvgIpc) is 3.05. The average molecular weight is 286 g/mol. The van der Waals surface area contributed by atoms with Crippen molar-refractivity contribution in [3.8, 4) is 0 Å². The molecule has 1 aliphatic rings. The van der Waals surface area contributed by atoms with E-state index < -0.39 is 10.0 Å². The van der Waals surface area contributed by atoms with Gasteiger partial charge in [-0.05, 0) is 31.1 Å². The Morgan fingerprint density at radius 2 is 2.16 bits per heavy atom. The van der Waals surface area contributed by atoms with Crippen molar-refractivity contribution in [3.63, 3.8) is 0 Å². The number of nitrogens with zero attached hydrogens (tertiary/aromatic N) is 2. The molecule has 1 heterocycles. The summed E-state index contributed by atoms with van der Waals surface area (Å²) < 4.78 is 28.7. The normalized spacial score (nSPS) is 17.6. The quantitative estimate of drug-likeness (QED) is 0.791. The zero-order valence-electron chi connectivity index (χ0n) is 11.5. The van der Waals surface area contributed by atoms with Gasteiger partial charge in [0.1, 0.15) is 4.90 Å². The molecule has 0 atom stereocenters. The van der Waals surface area contributed by atoms with Crippen LogP contribution in [-0.2, 0) is 16.6 Å². The molecule has 0 aliphatic heterocycles. The molecule has 0 unspecified atom stereocenters. The van der Waals surface area contributed by atoms with E-state index in [9.17, 15) is 8.42 Å². The first-order valence-corrected chi connectivity index (χ1v) is 8.23. The highest BCUT2D eigenvalue weighted by Crippen LogP contribution is 2.48. The number of rotatable bonds is 7. The number of sulfonamides is 1. The van der Waals surface area contributed by atoms with Crippen molar-refractivity contribution < 1.29 is 8.42 Å². The fraction of sp³-hybridized carbons (Fsp3) is 0.750. The number of aromatic nitrogens is 2. The van der Waals surface area contributed by atoms with Crippen LogP contribution in [0.5, 0.6) is 0 Å². The highest BCUT2D eigenvalue weighted by Gasteiger charge is 2.41. The second-order valence-electron chi connectivity index (χ2n) is 5.32. The summed E-state index contributed by atoms with van der Waals surface area (Å²) >= 11 is 0. The Morgan fingerprint density at radius 3 is 2.68 bits per heavy atom. The smallest absolute Gasteiger partial charge is 0.245 e. The van der Waals surface area contributed by atoms with Crippen molar-refractivity contribution in [2.75, 3.05) is 12.3 Å². The van der Waals surface area contributed by atoms with Crippen molar-refractivity contribution in [1.82, 2.24) is 14.5 Å². The summed E-state index contributed by atoms with van der Waals surface area (Å²) in [5, 5.41) is 4.02. The number of anilines is 1. The maximum absolute atomic E-state index is 12.2. The second-order valence-corrected chi connectivity index (χ2v) is 7.06. The van der Waals surface area contributed by atoms with Gasteiger partial charge in [0.05, 0.1) is 0 Å². The van der Waals surface area contributed by atoms with Crippen LogP contribution in [0.3, 0.4) is 0 Å². The van der Waals surface area contributed by atoms with Gasteiger partial charge in [0.25, 0.3) is 0 Å². The van der Waals surface area contributed by atoms with Crippen LogP contribution in [0.2, 0.25) is 0 Å². The SMILES string of the molecule is CCCn1cc(S(=O)(=O)NCC2(CC)CC2)c(N)n1. The summed E-state index contributed by atoms with van der Waals surface area (Å²) in [5.74, 6) is 0.0716. The number of hydrogen-bond donors (Lipinski definition) is 2. The minimum absolute atomic E-state index is 0.0716. The maximum atomic E-state index is 12.2. The minimum atomic E-state index is -3.55. The van der Waals surface area contributed by atoms with Crippen LogP contribution >= 0.6 is 0 Å². The highest BCUT2D eigenvalue weighted by molar-refractivity contribution is 7.89. The lowest BCUT2D eigenvalue weighted by Gasteiger charge is -2.13. The topological polar surface area (TPSA) is 90.0 Å². The molecule has 1 aromatic heterocycles. The molecule has 1 aromatic rings. The lowest BCUT2D eigenvalue weighted by atomic mass is 10.1. The summed E-state index contributed by atoms with van der Waals surface area (Å²) in [5.41, 5.74) is 5.86. The number of hydrogen-bond acceptors (Lipinski definition) is 4. The van der Waals surface area contributed by atoms with E-state index in [1.54, 1.807) is 4.68 Å². The number of nitrogens with one attached hydrogen (secondary N) is 1. The van der Waals surface area contributed by atoms with Crippen molar-refractivity contribution in [2.24, 2.45) is 5.41 Å². The third kappa shape index (κ3) is 3.09. The number of nitrogens with two attached hydrogens (primary N) is 1. The summed E-state index contributed by atoms with van der Waals surface area (Å²) in [6.45, 7) is 5.25. The molecule has 108 valence electrons. The van der Waals surface area contributed by atoms with E-state index in [0.29, 0.717) is 13.1 Å². The van der Waals surface area contributed by atoms with Gasteiger partial charge < -0.3 is 5.73 Å². The molecular formula is C12H22N4O2S. The van der Waals surface area contributed by atoms with Crippen molar-refractivity contribution in [3.05, 3.63) is 6.20 Å². The summed E-state index contributed by atoms with van der Waals surface area (Å²) in [4.78, 5) is 0.0906. The van der Waals surface area contributed by atoms with E-state index in [2.05, 4.69) is 16.7 Å². The van der Waals surface area contributed by atoms with E-state index >= 15 is 0 Å². The highest BCUT2D eigenvalue weighted by atomic mass is 32.2. The number of nitrogen functional groups attached to an aromatic ring is 1. The molecule has 0 radical (unpaired) electrons. The lowest BCUT2D eigenvalue weighted by molar-refractivity contribution is 0.475. The van der Waals surface area contributed by atoms with Gasteiger partial charge in [-0.25, -0.2) is 13.1 Å². The van der Waals surface area contributed by atoms with Crippen LogP contribution in [0.15, 0.2) is 11.1 Å². The Morgan fingerprint density at radius 1 is 1.47 bits per heavy atom. The molecule has 1 aliphatic carbocycles. The molecule has 2 rings (SSSR count). The molecule has 1 saturated carbocycles. The first kappa shape index (κ1) is 14.3. The van der Waals surface area contributed by atoms with Gasteiger partial charge in [-0.2, -0.15) is 5.10 Å². The van der Waals surface area contributed by atoms with Gasteiger partial charge in [0.15, 0.2) is 5.82 Å². The van der Waals surface area contributed by atoms with E-state index in [-0.39, 0.29) is 16.1 Å². The largest absolute Gasteiger partial charge is 0.381 e. The summed E-state index contributed by atoms with van der Waals surface area (Å²) in [6.07, 6.45) is 5.58. The Hall–Kier alpha value is -1.08. The Bertz CT molecular complexity index is 546. The lowest BCUT2D eigenvalue weighted by Crippen LogP contribution is -2.30. The van der Waals surface area contributed by atoms with Crippen molar-refractivity contribution in [1.29, 1.82) is 0 Å². The third-order valence-corrected chi connectivity index (χ3v) is 5.26. The predicted octanol–water partition coefficient (Wildman–Crippen LogP) is 1.34. The van der Waals surface area contributed by atoms with Crippen molar-refractivity contribution >= 4 is 15.8 Å². The summed E-state index contributed by atoms with van der Waals surface area (Å²) in [7, 11) is -3.55. The van der Waals surface area contributed by atoms with Gasteiger partial charge in [-0.1, -0.05) is 13.8 Å². The van der Waals surface area contributed by atoms with Crippen LogP contribution in [0.4, 0.5) is 5.82 Å². The van der Waals surface area contributed by atoms with E-state index in [1.165, 1.54) is 6.20 Å². The zero-order chi connectivity index (χ0) is 14.1. The molecule has 1 fully saturated rings. The van der Waals surface area contributed by atoms with Crippen LogP contribution in [0, 0.1) is 5.41 Å². The van der Waals surface area contributed by atoms with Crippen LogP contribution in [-0.4, -0.2) is 24.7 Å². The molecule has 0 aromatic carbocycles.